The molecule has 2 aliphatic rings. The average Bonchev–Trinajstić information content (AvgIpc) is 3.08. The van der Waals surface area contributed by atoms with Crippen molar-refractivity contribution in [1.29, 1.82) is 0 Å². The summed E-state index contributed by atoms with van der Waals surface area (Å²) in [5.41, 5.74) is 2.96. The molecule has 6 nitrogen and oxygen atoms in total. The largest absolute Gasteiger partial charge is 0.493 e. The first-order chi connectivity index (χ1) is 14.6. The van der Waals surface area contributed by atoms with E-state index >= 15 is 0 Å². The normalized spacial score (nSPS) is 15.9. The van der Waals surface area contributed by atoms with Gasteiger partial charge in [-0.15, -0.1) is 0 Å². The highest BCUT2D eigenvalue weighted by Crippen LogP contribution is 2.26. The average molecular weight is 428 g/mol. The number of carbonyl (C=O) groups is 2. The monoisotopic (exact) mass is 427 g/mol. The molecule has 4 rings (SSSR count). The van der Waals surface area contributed by atoms with Crippen molar-refractivity contribution < 1.29 is 14.3 Å². The Labute approximate surface area is 181 Å². The Morgan fingerprint density at radius 3 is 2.70 bits per heavy atom. The number of rotatable bonds is 4. The van der Waals surface area contributed by atoms with Crippen molar-refractivity contribution in [3.05, 3.63) is 64.2 Å². The third-order valence-electron chi connectivity index (χ3n) is 5.62. The van der Waals surface area contributed by atoms with E-state index in [-0.39, 0.29) is 11.9 Å². The second kappa shape index (κ2) is 9.39. The molecule has 0 spiro atoms. The minimum absolute atomic E-state index is 0.0773. The van der Waals surface area contributed by atoms with Crippen LogP contribution in [-0.4, -0.2) is 61.1 Å². The lowest BCUT2D eigenvalue weighted by Gasteiger charge is -2.23. The van der Waals surface area contributed by atoms with E-state index in [0.29, 0.717) is 43.3 Å². The molecule has 0 saturated carbocycles. The van der Waals surface area contributed by atoms with Crippen LogP contribution in [0.4, 0.5) is 4.79 Å². The molecule has 30 heavy (non-hydrogen) atoms. The zero-order valence-electron chi connectivity index (χ0n) is 16.9. The zero-order chi connectivity index (χ0) is 20.9. The van der Waals surface area contributed by atoms with Crippen LogP contribution in [0.3, 0.4) is 0 Å². The molecule has 0 atom stereocenters. The topological polar surface area (TPSA) is 61.9 Å². The summed E-state index contributed by atoms with van der Waals surface area (Å²) in [6.45, 7) is 3.59. The Hall–Kier alpha value is -2.73. The van der Waals surface area contributed by atoms with Gasteiger partial charge in [0.15, 0.2) is 0 Å². The van der Waals surface area contributed by atoms with Gasteiger partial charge in [0, 0.05) is 39.1 Å². The molecule has 3 amide bonds. The van der Waals surface area contributed by atoms with Gasteiger partial charge in [0.1, 0.15) is 5.75 Å². The highest BCUT2D eigenvalue weighted by molar-refractivity contribution is 6.33. The van der Waals surface area contributed by atoms with Crippen LogP contribution in [0, 0.1) is 0 Å². The molecule has 0 unspecified atom stereocenters. The molecule has 0 aliphatic carbocycles. The van der Waals surface area contributed by atoms with Crippen molar-refractivity contribution in [2.24, 2.45) is 0 Å². The zero-order valence-corrected chi connectivity index (χ0v) is 17.7. The van der Waals surface area contributed by atoms with E-state index in [2.05, 4.69) is 17.4 Å². The molecule has 0 radical (unpaired) electrons. The number of halogens is 1. The summed E-state index contributed by atoms with van der Waals surface area (Å²) in [5, 5.41) is 3.47. The van der Waals surface area contributed by atoms with E-state index in [1.165, 1.54) is 11.1 Å². The second-order valence-corrected chi connectivity index (χ2v) is 8.04. The summed E-state index contributed by atoms with van der Waals surface area (Å²) in [7, 11) is 0. The first-order valence-corrected chi connectivity index (χ1v) is 10.8. The first kappa shape index (κ1) is 20.5. The summed E-state index contributed by atoms with van der Waals surface area (Å²) in [6, 6.07) is 13.2. The quantitative estimate of drug-likeness (QED) is 0.813. The molecular formula is C23H26ClN3O3. The van der Waals surface area contributed by atoms with E-state index in [9.17, 15) is 9.59 Å². The predicted octanol–water partition coefficient (Wildman–Crippen LogP) is 3.38. The minimum Gasteiger partial charge on any atom is -0.493 e. The van der Waals surface area contributed by atoms with Crippen molar-refractivity contribution in [3.8, 4) is 5.75 Å². The van der Waals surface area contributed by atoms with Crippen molar-refractivity contribution in [2.75, 3.05) is 39.3 Å². The van der Waals surface area contributed by atoms with E-state index in [1.807, 2.05) is 18.2 Å². The summed E-state index contributed by atoms with van der Waals surface area (Å²) >= 11 is 6.17. The lowest BCUT2D eigenvalue weighted by molar-refractivity contribution is 0.0762. The Kier molecular flexibility index (Phi) is 6.43. The molecule has 0 aromatic heterocycles. The minimum atomic E-state index is -0.0801. The van der Waals surface area contributed by atoms with Crippen LogP contribution < -0.4 is 10.1 Å². The highest BCUT2D eigenvalue weighted by atomic mass is 35.5. The summed E-state index contributed by atoms with van der Waals surface area (Å²) in [6.07, 6.45) is 2.48. The number of ether oxygens (including phenoxy) is 1. The fraction of sp³-hybridized carbons (Fsp3) is 0.391. The van der Waals surface area contributed by atoms with Crippen LogP contribution in [-0.2, 0) is 12.8 Å². The third kappa shape index (κ3) is 4.70. The Morgan fingerprint density at radius 2 is 1.83 bits per heavy atom. The van der Waals surface area contributed by atoms with E-state index < -0.39 is 0 Å². The van der Waals surface area contributed by atoms with Gasteiger partial charge in [0.05, 0.1) is 17.2 Å². The second-order valence-electron chi connectivity index (χ2n) is 7.64. The SMILES string of the molecule is O=C(NCCc1ccc2c(c1)CCO2)N1CCCN(C(=O)c2ccccc2Cl)CC1. The Morgan fingerprint density at radius 1 is 1.03 bits per heavy atom. The fourth-order valence-corrected chi connectivity index (χ4v) is 4.17. The Balaban J connectivity index is 1.26. The molecule has 2 aromatic rings. The maximum atomic E-state index is 12.8. The molecule has 1 N–H and O–H groups in total. The number of nitrogens with one attached hydrogen (secondary N) is 1. The first-order valence-electron chi connectivity index (χ1n) is 10.4. The summed E-state index contributed by atoms with van der Waals surface area (Å²) < 4.78 is 5.54. The van der Waals surface area contributed by atoms with E-state index in [4.69, 9.17) is 16.3 Å². The molecule has 2 aromatic carbocycles. The van der Waals surface area contributed by atoms with E-state index in [0.717, 1.165) is 31.6 Å². The molecule has 1 fully saturated rings. The number of carbonyl (C=O) groups excluding carboxylic acids is 2. The maximum absolute atomic E-state index is 12.8. The predicted molar refractivity (Wildman–Crippen MR) is 116 cm³/mol. The van der Waals surface area contributed by atoms with Gasteiger partial charge < -0.3 is 19.9 Å². The van der Waals surface area contributed by atoms with Crippen molar-refractivity contribution in [2.45, 2.75) is 19.3 Å². The van der Waals surface area contributed by atoms with Gasteiger partial charge in [-0.1, -0.05) is 35.9 Å². The van der Waals surface area contributed by atoms with Crippen LogP contribution in [0.1, 0.15) is 27.9 Å². The number of hydrogen-bond donors (Lipinski definition) is 1. The smallest absolute Gasteiger partial charge is 0.317 e. The number of amides is 3. The van der Waals surface area contributed by atoms with Gasteiger partial charge in [-0.25, -0.2) is 4.79 Å². The molecular weight excluding hydrogens is 402 g/mol. The maximum Gasteiger partial charge on any atom is 0.317 e. The van der Waals surface area contributed by atoms with E-state index in [1.54, 1.807) is 21.9 Å². The molecule has 2 heterocycles. The number of nitrogens with zero attached hydrogens (tertiary/aromatic N) is 2. The van der Waals surface area contributed by atoms with Crippen molar-refractivity contribution in [3.63, 3.8) is 0 Å². The van der Waals surface area contributed by atoms with Crippen LogP contribution >= 0.6 is 11.6 Å². The van der Waals surface area contributed by atoms with Gasteiger partial charge in [0.25, 0.3) is 5.91 Å². The van der Waals surface area contributed by atoms with Crippen molar-refractivity contribution in [1.82, 2.24) is 15.1 Å². The van der Waals surface area contributed by atoms with Crippen molar-refractivity contribution >= 4 is 23.5 Å². The molecule has 158 valence electrons. The van der Waals surface area contributed by atoms with Gasteiger partial charge in [-0.3, -0.25) is 4.79 Å². The molecule has 2 aliphatic heterocycles. The van der Waals surface area contributed by atoms with Gasteiger partial charge in [0.2, 0.25) is 0 Å². The lowest BCUT2D eigenvalue weighted by Crippen LogP contribution is -2.43. The molecule has 7 heteroatoms. The third-order valence-corrected chi connectivity index (χ3v) is 5.95. The van der Waals surface area contributed by atoms with Gasteiger partial charge in [-0.05, 0) is 42.2 Å². The van der Waals surface area contributed by atoms with Crippen LogP contribution in [0.15, 0.2) is 42.5 Å². The standard InChI is InChI=1S/C23H26ClN3O3/c24-20-5-2-1-4-19(20)22(28)26-11-3-12-27(14-13-26)23(29)25-10-8-17-6-7-21-18(16-17)9-15-30-21/h1-2,4-7,16H,3,8-15H2,(H,25,29). The summed E-state index contributed by atoms with van der Waals surface area (Å²) in [5.74, 6) is 0.895. The molecule has 0 bridgehead atoms. The molecule has 1 saturated heterocycles. The number of urea groups is 1. The number of fused-ring (bicyclic) bond motifs is 1. The Bertz CT molecular complexity index is 934. The van der Waals surface area contributed by atoms with Crippen LogP contribution in [0.5, 0.6) is 5.75 Å². The van der Waals surface area contributed by atoms with Crippen LogP contribution in [0.2, 0.25) is 5.02 Å². The fourth-order valence-electron chi connectivity index (χ4n) is 3.95. The highest BCUT2D eigenvalue weighted by Gasteiger charge is 2.23. The number of benzene rings is 2. The lowest BCUT2D eigenvalue weighted by atomic mass is 10.1. The van der Waals surface area contributed by atoms with Gasteiger partial charge in [-0.2, -0.15) is 0 Å². The summed E-state index contributed by atoms with van der Waals surface area (Å²) in [4.78, 5) is 28.9. The van der Waals surface area contributed by atoms with Crippen LogP contribution in [0.25, 0.3) is 0 Å². The number of hydrogen-bond acceptors (Lipinski definition) is 3. The van der Waals surface area contributed by atoms with Gasteiger partial charge >= 0.3 is 6.03 Å².